The van der Waals surface area contributed by atoms with Crippen molar-refractivity contribution >= 4 is 23.6 Å². The van der Waals surface area contributed by atoms with Crippen molar-refractivity contribution in [3.8, 4) is 0 Å². The Hall–Kier alpha value is -1.40. The summed E-state index contributed by atoms with van der Waals surface area (Å²) >= 11 is 0. The number of hydrogen-bond donors (Lipinski definition) is 1. The van der Waals surface area contributed by atoms with Gasteiger partial charge in [0.15, 0.2) is 0 Å². The summed E-state index contributed by atoms with van der Waals surface area (Å²) in [4.78, 5) is 7.13. The molecule has 1 aliphatic rings. The first-order valence-corrected chi connectivity index (χ1v) is 5.89. The molecule has 1 fully saturated rings. The van der Waals surface area contributed by atoms with E-state index in [-0.39, 0.29) is 11.4 Å². The second-order valence-corrected chi connectivity index (χ2v) is 5.24. The number of halogens is 1. The highest BCUT2D eigenvalue weighted by atomic mass is 19.1. The van der Waals surface area contributed by atoms with Crippen LogP contribution in [-0.2, 0) is 9.31 Å². The molecular weight excluding hydrogens is 234 g/mol. The molecule has 0 bridgehead atoms. The molecular formula is C12H14BFN2O2. The number of nitrogens with zero attached hydrogens (tertiary/aromatic N) is 1. The lowest BCUT2D eigenvalue weighted by molar-refractivity contribution is 0.137. The average Bonchev–Trinajstić information content (AvgIpc) is 2.84. The zero-order valence-corrected chi connectivity index (χ0v) is 10.6. The average molecular weight is 248 g/mol. The number of fused-ring (bicyclic) bond motifs is 1. The van der Waals surface area contributed by atoms with Gasteiger partial charge in [0.25, 0.3) is 0 Å². The van der Waals surface area contributed by atoms with Gasteiger partial charge < -0.3 is 14.3 Å². The van der Waals surface area contributed by atoms with Gasteiger partial charge in [0, 0.05) is 17.9 Å². The number of hydrogen-bond acceptors (Lipinski definition) is 3. The summed E-state index contributed by atoms with van der Waals surface area (Å²) in [5.41, 5.74) is 1.34. The fourth-order valence-electron chi connectivity index (χ4n) is 2.17. The Kier molecular flexibility index (Phi) is 2.46. The van der Waals surface area contributed by atoms with Crippen molar-refractivity contribution in [2.75, 3.05) is 6.61 Å². The zero-order valence-electron chi connectivity index (χ0n) is 10.6. The molecule has 1 aliphatic heterocycles. The summed E-state index contributed by atoms with van der Waals surface area (Å²) in [6, 6.07) is 0. The fraction of sp³-hybridized carbons (Fsp3) is 0.417. The highest BCUT2D eigenvalue weighted by molar-refractivity contribution is 6.62. The standard InChI is InChI=1S/C12H14BFN2O2/c1-7-4-15-11-9(7)10(14)8(5-16-11)13-17-6-12(2,3)18-13/h4-5H,6H2,1-3H3,(H,15,16). The van der Waals surface area contributed by atoms with Crippen molar-refractivity contribution in [3.63, 3.8) is 0 Å². The van der Waals surface area contributed by atoms with Crippen LogP contribution in [0.1, 0.15) is 19.4 Å². The molecule has 1 N–H and O–H groups in total. The molecule has 0 aromatic carbocycles. The van der Waals surface area contributed by atoms with Crippen molar-refractivity contribution in [2.45, 2.75) is 26.4 Å². The predicted octanol–water partition coefficient (Wildman–Crippen LogP) is 1.53. The summed E-state index contributed by atoms with van der Waals surface area (Å²) in [5.74, 6) is -0.318. The van der Waals surface area contributed by atoms with Gasteiger partial charge in [0.2, 0.25) is 0 Å². The van der Waals surface area contributed by atoms with Crippen LogP contribution in [0, 0.1) is 12.7 Å². The van der Waals surface area contributed by atoms with Crippen LogP contribution >= 0.6 is 0 Å². The smallest absolute Gasteiger partial charge is 0.404 e. The van der Waals surface area contributed by atoms with Crippen LogP contribution in [-0.4, -0.2) is 29.3 Å². The number of aromatic nitrogens is 2. The third-order valence-electron chi connectivity index (χ3n) is 3.12. The zero-order chi connectivity index (χ0) is 12.9. The molecule has 3 heterocycles. The van der Waals surface area contributed by atoms with Gasteiger partial charge in [-0.3, -0.25) is 0 Å². The monoisotopic (exact) mass is 248 g/mol. The fourth-order valence-corrected chi connectivity index (χ4v) is 2.17. The van der Waals surface area contributed by atoms with Crippen LogP contribution in [0.4, 0.5) is 4.39 Å². The second-order valence-electron chi connectivity index (χ2n) is 5.24. The van der Waals surface area contributed by atoms with Gasteiger partial charge in [-0.1, -0.05) is 0 Å². The number of nitrogens with one attached hydrogen (secondary N) is 1. The van der Waals surface area contributed by atoms with Crippen molar-refractivity contribution in [2.24, 2.45) is 0 Å². The summed E-state index contributed by atoms with van der Waals surface area (Å²) in [5, 5.41) is 0.504. The van der Waals surface area contributed by atoms with Crippen molar-refractivity contribution < 1.29 is 13.7 Å². The van der Waals surface area contributed by atoms with Crippen molar-refractivity contribution in [1.82, 2.24) is 9.97 Å². The maximum absolute atomic E-state index is 14.4. The van der Waals surface area contributed by atoms with Crippen molar-refractivity contribution in [3.05, 3.63) is 23.8 Å². The van der Waals surface area contributed by atoms with E-state index >= 15 is 0 Å². The third kappa shape index (κ3) is 1.72. The topological polar surface area (TPSA) is 47.1 Å². The van der Waals surface area contributed by atoms with Gasteiger partial charge >= 0.3 is 7.12 Å². The van der Waals surface area contributed by atoms with E-state index in [0.717, 1.165) is 5.56 Å². The molecule has 0 radical (unpaired) electrons. The highest BCUT2D eigenvalue weighted by Crippen LogP contribution is 2.23. The van der Waals surface area contributed by atoms with Crippen LogP contribution in [0.2, 0.25) is 0 Å². The molecule has 0 amide bonds. The minimum absolute atomic E-state index is 0.318. The first kappa shape index (κ1) is 11.7. The maximum atomic E-state index is 14.4. The van der Waals surface area contributed by atoms with E-state index in [9.17, 15) is 4.39 Å². The second kappa shape index (κ2) is 3.80. The van der Waals surface area contributed by atoms with Gasteiger partial charge in [-0.2, -0.15) is 0 Å². The molecule has 4 nitrogen and oxygen atoms in total. The summed E-state index contributed by atoms with van der Waals surface area (Å²) in [7, 11) is -0.675. The van der Waals surface area contributed by atoms with Crippen LogP contribution in [0.25, 0.3) is 11.0 Å². The minimum atomic E-state index is -0.675. The van der Waals surface area contributed by atoms with Gasteiger partial charge in [0.1, 0.15) is 11.5 Å². The van der Waals surface area contributed by atoms with E-state index in [1.807, 2.05) is 20.8 Å². The number of pyridine rings is 1. The van der Waals surface area contributed by atoms with Crippen molar-refractivity contribution in [1.29, 1.82) is 0 Å². The van der Waals surface area contributed by atoms with Gasteiger partial charge in [-0.25, -0.2) is 9.37 Å². The molecule has 0 aliphatic carbocycles. The number of rotatable bonds is 1. The van der Waals surface area contributed by atoms with E-state index < -0.39 is 7.12 Å². The Morgan fingerprint density at radius 3 is 2.94 bits per heavy atom. The Morgan fingerprint density at radius 2 is 2.28 bits per heavy atom. The molecule has 6 heteroatoms. The maximum Gasteiger partial charge on any atom is 0.499 e. The van der Waals surface area contributed by atoms with E-state index in [2.05, 4.69) is 9.97 Å². The lowest BCUT2D eigenvalue weighted by Crippen LogP contribution is -2.37. The van der Waals surface area contributed by atoms with Crippen LogP contribution in [0.3, 0.4) is 0 Å². The number of aryl methyl sites for hydroxylation is 1. The molecule has 94 valence electrons. The Labute approximate surface area is 105 Å². The van der Waals surface area contributed by atoms with Crippen LogP contribution in [0.15, 0.2) is 12.4 Å². The predicted molar refractivity (Wildman–Crippen MR) is 67.3 cm³/mol. The lowest BCUT2D eigenvalue weighted by atomic mass is 9.79. The Bertz CT molecular complexity index is 611. The summed E-state index contributed by atoms with van der Waals surface area (Å²) in [6.07, 6.45) is 3.21. The number of H-pyrrole nitrogens is 1. The summed E-state index contributed by atoms with van der Waals surface area (Å²) in [6.45, 7) is 6.12. The third-order valence-corrected chi connectivity index (χ3v) is 3.12. The molecule has 2 aromatic rings. The minimum Gasteiger partial charge on any atom is -0.404 e. The summed E-state index contributed by atoms with van der Waals surface area (Å²) < 4.78 is 25.6. The van der Waals surface area contributed by atoms with E-state index in [4.69, 9.17) is 9.31 Å². The Morgan fingerprint density at radius 1 is 1.50 bits per heavy atom. The first-order chi connectivity index (χ1) is 8.48. The SMILES string of the molecule is Cc1c[nH]c2ncc(B3OCC(C)(C)O3)c(F)c12. The molecule has 3 rings (SSSR count). The molecule has 1 saturated heterocycles. The first-order valence-electron chi connectivity index (χ1n) is 5.89. The quantitative estimate of drug-likeness (QED) is 0.778. The van der Waals surface area contributed by atoms with Gasteiger partial charge in [-0.15, -0.1) is 0 Å². The molecule has 0 spiro atoms. The van der Waals surface area contributed by atoms with E-state index in [1.165, 1.54) is 6.20 Å². The highest BCUT2D eigenvalue weighted by Gasteiger charge is 2.40. The molecule has 2 aromatic heterocycles. The van der Waals surface area contributed by atoms with Gasteiger partial charge in [-0.05, 0) is 26.3 Å². The van der Waals surface area contributed by atoms with E-state index in [1.54, 1.807) is 6.20 Å². The molecule has 0 saturated carbocycles. The Balaban J connectivity index is 2.08. The lowest BCUT2D eigenvalue weighted by Gasteiger charge is -2.15. The largest absolute Gasteiger partial charge is 0.499 e. The van der Waals surface area contributed by atoms with E-state index in [0.29, 0.717) is 23.1 Å². The normalized spacial score (nSPS) is 18.8. The van der Waals surface area contributed by atoms with Gasteiger partial charge in [0.05, 0.1) is 17.6 Å². The van der Waals surface area contributed by atoms with Crippen LogP contribution in [0.5, 0.6) is 0 Å². The molecule has 0 unspecified atom stereocenters. The molecule has 0 atom stereocenters. The number of aromatic amines is 1. The molecule has 18 heavy (non-hydrogen) atoms. The van der Waals surface area contributed by atoms with Crippen LogP contribution < -0.4 is 5.46 Å².